The molecule has 1 amide bonds. The van der Waals surface area contributed by atoms with Crippen LogP contribution in [0.2, 0.25) is 0 Å². The van der Waals surface area contributed by atoms with Crippen LogP contribution in [0.1, 0.15) is 41.7 Å². The largest absolute Gasteiger partial charge is 0.494 e. The van der Waals surface area contributed by atoms with Crippen molar-refractivity contribution in [1.82, 2.24) is 29.5 Å². The van der Waals surface area contributed by atoms with E-state index in [-0.39, 0.29) is 23.5 Å². The second kappa shape index (κ2) is 9.84. The number of benzene rings is 1. The van der Waals surface area contributed by atoms with Gasteiger partial charge < -0.3 is 15.4 Å². The molecule has 11 nitrogen and oxygen atoms in total. The van der Waals surface area contributed by atoms with Gasteiger partial charge in [0, 0.05) is 50.8 Å². The summed E-state index contributed by atoms with van der Waals surface area (Å²) in [4.78, 5) is 34.3. The summed E-state index contributed by atoms with van der Waals surface area (Å²) in [7, 11) is 5.22. The lowest BCUT2D eigenvalue weighted by atomic mass is 10.1. The third-order valence-corrected chi connectivity index (χ3v) is 6.35. The van der Waals surface area contributed by atoms with Crippen molar-refractivity contribution in [2.24, 2.45) is 20.0 Å². The average Bonchev–Trinajstić information content (AvgIpc) is 3.40. The number of ether oxygens (including phenoxy) is 1. The van der Waals surface area contributed by atoms with Crippen LogP contribution in [0, 0.1) is 5.92 Å². The zero-order valence-electron chi connectivity index (χ0n) is 21.1. The molecule has 2 unspecified atom stereocenters. The number of anilines is 3. The molecule has 2 atom stereocenters. The number of methoxy groups -OCH3 is 1. The minimum Gasteiger partial charge on any atom is -0.494 e. The Morgan fingerprint density at radius 2 is 1.95 bits per heavy atom. The number of ketones is 1. The van der Waals surface area contributed by atoms with Crippen LogP contribution in [-0.2, 0) is 18.9 Å². The standard InChI is InChI=1S/C26H28N8O3/c1-5-22(35)18-13-27-23(30-26(36)17-11-16(17)19-9-10-33(2)31-19)12-21(18)29-20-8-6-7-15(24(20)37-4)25-28-14-34(3)32-25/h6-10,12-14,16-17H,5,11H2,1-4H3,(H2,27,29,30,36). The molecular weight excluding hydrogens is 472 g/mol. The highest BCUT2D eigenvalue weighted by Crippen LogP contribution is 2.47. The second-order valence-electron chi connectivity index (χ2n) is 9.00. The van der Waals surface area contributed by atoms with Gasteiger partial charge in [-0.25, -0.2) is 9.97 Å². The summed E-state index contributed by atoms with van der Waals surface area (Å²) >= 11 is 0. The minimum absolute atomic E-state index is 0.0770. The highest BCUT2D eigenvalue weighted by atomic mass is 16.5. The summed E-state index contributed by atoms with van der Waals surface area (Å²) in [6, 6.07) is 9.16. The van der Waals surface area contributed by atoms with Crippen LogP contribution in [-0.4, -0.2) is 48.3 Å². The monoisotopic (exact) mass is 500 g/mol. The topological polar surface area (TPSA) is 129 Å². The number of carbonyl (C=O) groups is 2. The van der Waals surface area contributed by atoms with Crippen LogP contribution < -0.4 is 15.4 Å². The first-order chi connectivity index (χ1) is 17.9. The molecule has 11 heteroatoms. The second-order valence-corrected chi connectivity index (χ2v) is 9.00. The quantitative estimate of drug-likeness (QED) is 0.333. The number of aryl methyl sites for hydroxylation is 2. The molecule has 3 aromatic heterocycles. The Labute approximate surface area is 213 Å². The third kappa shape index (κ3) is 4.92. The maximum Gasteiger partial charge on any atom is 0.229 e. The van der Waals surface area contributed by atoms with Gasteiger partial charge in [0.1, 0.15) is 12.1 Å². The van der Waals surface area contributed by atoms with E-state index >= 15 is 0 Å². The maximum absolute atomic E-state index is 12.9. The summed E-state index contributed by atoms with van der Waals surface area (Å²) in [6.45, 7) is 1.79. The van der Waals surface area contributed by atoms with E-state index in [1.54, 1.807) is 42.8 Å². The van der Waals surface area contributed by atoms with Crippen molar-refractivity contribution in [2.75, 3.05) is 17.7 Å². The summed E-state index contributed by atoms with van der Waals surface area (Å²) in [5.74, 6) is 1.15. The van der Waals surface area contributed by atoms with Gasteiger partial charge in [0.2, 0.25) is 5.91 Å². The van der Waals surface area contributed by atoms with Gasteiger partial charge in [0.25, 0.3) is 0 Å². The van der Waals surface area contributed by atoms with Crippen LogP contribution in [0.25, 0.3) is 11.4 Å². The van der Waals surface area contributed by atoms with Crippen LogP contribution >= 0.6 is 0 Å². The molecule has 0 spiro atoms. The van der Waals surface area contributed by atoms with Gasteiger partial charge in [-0.05, 0) is 24.6 Å². The highest BCUT2D eigenvalue weighted by molar-refractivity contribution is 6.03. The summed E-state index contributed by atoms with van der Waals surface area (Å²) in [6.07, 6.45) is 6.03. The number of nitrogens with zero attached hydrogens (tertiary/aromatic N) is 6. The molecule has 4 aromatic rings. The normalized spacial score (nSPS) is 16.3. The summed E-state index contributed by atoms with van der Waals surface area (Å²) < 4.78 is 9.05. The fourth-order valence-corrected chi connectivity index (χ4v) is 4.34. The first kappa shape index (κ1) is 24.2. The number of amides is 1. The van der Waals surface area contributed by atoms with Gasteiger partial charge in [-0.1, -0.05) is 13.0 Å². The van der Waals surface area contributed by atoms with E-state index in [9.17, 15) is 9.59 Å². The number of rotatable bonds is 9. The van der Waals surface area contributed by atoms with Gasteiger partial charge in [-0.15, -0.1) is 0 Å². The van der Waals surface area contributed by atoms with Crippen molar-refractivity contribution in [3.8, 4) is 17.1 Å². The van der Waals surface area contributed by atoms with Crippen LogP contribution in [0.3, 0.4) is 0 Å². The molecule has 0 saturated heterocycles. The number of pyridine rings is 1. The fourth-order valence-electron chi connectivity index (χ4n) is 4.34. The molecule has 1 aliphatic carbocycles. The minimum atomic E-state index is -0.160. The number of hydrogen-bond acceptors (Lipinski definition) is 8. The lowest BCUT2D eigenvalue weighted by molar-refractivity contribution is -0.117. The third-order valence-electron chi connectivity index (χ3n) is 6.35. The predicted octanol–water partition coefficient (Wildman–Crippen LogP) is 3.70. The first-order valence-electron chi connectivity index (χ1n) is 12.0. The Bertz CT molecular complexity index is 1470. The van der Waals surface area contributed by atoms with Gasteiger partial charge in [-0.3, -0.25) is 19.0 Å². The number of Topliss-reactive ketones (excluding diaryl/α,β-unsaturated/α-hetero) is 1. The fraction of sp³-hybridized carbons (Fsp3) is 0.308. The van der Waals surface area contributed by atoms with E-state index < -0.39 is 0 Å². The Kier molecular flexibility index (Phi) is 6.43. The molecule has 190 valence electrons. The van der Waals surface area contributed by atoms with Crippen molar-refractivity contribution < 1.29 is 14.3 Å². The predicted molar refractivity (Wildman–Crippen MR) is 138 cm³/mol. The lowest BCUT2D eigenvalue weighted by Crippen LogP contribution is -2.16. The number of para-hydroxylation sites is 1. The number of hydrogen-bond donors (Lipinski definition) is 2. The number of nitrogens with one attached hydrogen (secondary N) is 2. The molecule has 1 aliphatic rings. The zero-order chi connectivity index (χ0) is 26.1. The zero-order valence-corrected chi connectivity index (χ0v) is 21.1. The molecule has 5 rings (SSSR count). The van der Waals surface area contributed by atoms with Crippen molar-refractivity contribution in [3.63, 3.8) is 0 Å². The molecule has 1 fully saturated rings. The SMILES string of the molecule is CCC(=O)c1cnc(NC(=O)C2CC2c2ccn(C)n2)cc1Nc1cccc(-c2ncn(C)n2)c1OC. The maximum atomic E-state index is 12.9. The highest BCUT2D eigenvalue weighted by Gasteiger charge is 2.45. The van der Waals surface area contributed by atoms with Crippen LogP contribution in [0.15, 0.2) is 49.1 Å². The molecule has 3 heterocycles. The summed E-state index contributed by atoms with van der Waals surface area (Å²) in [5, 5.41) is 15.0. The molecule has 2 N–H and O–H groups in total. The van der Waals surface area contributed by atoms with Gasteiger partial charge in [-0.2, -0.15) is 10.2 Å². The molecule has 37 heavy (non-hydrogen) atoms. The number of aromatic nitrogens is 6. The smallest absolute Gasteiger partial charge is 0.229 e. The number of carbonyl (C=O) groups excluding carboxylic acids is 2. The van der Waals surface area contributed by atoms with E-state index in [2.05, 4.69) is 30.8 Å². The molecule has 0 aliphatic heterocycles. The van der Waals surface area contributed by atoms with Gasteiger partial charge in [0.15, 0.2) is 17.4 Å². The van der Waals surface area contributed by atoms with E-state index in [0.29, 0.717) is 46.3 Å². The van der Waals surface area contributed by atoms with Crippen LogP contribution in [0.5, 0.6) is 5.75 Å². The van der Waals surface area contributed by atoms with E-state index in [4.69, 9.17) is 4.74 Å². The Balaban J connectivity index is 1.41. The van der Waals surface area contributed by atoms with Crippen molar-refractivity contribution >= 4 is 28.9 Å². The van der Waals surface area contributed by atoms with Crippen molar-refractivity contribution in [1.29, 1.82) is 0 Å². The Morgan fingerprint density at radius 3 is 2.62 bits per heavy atom. The summed E-state index contributed by atoms with van der Waals surface area (Å²) in [5.41, 5.74) is 3.17. The Morgan fingerprint density at radius 1 is 1.11 bits per heavy atom. The van der Waals surface area contributed by atoms with Crippen molar-refractivity contribution in [3.05, 3.63) is 60.3 Å². The first-order valence-corrected chi connectivity index (χ1v) is 12.0. The lowest BCUT2D eigenvalue weighted by Gasteiger charge is -2.16. The van der Waals surface area contributed by atoms with Gasteiger partial charge >= 0.3 is 0 Å². The van der Waals surface area contributed by atoms with E-state index in [1.165, 1.54) is 6.20 Å². The van der Waals surface area contributed by atoms with Crippen LogP contribution in [0.4, 0.5) is 17.2 Å². The molecule has 0 bridgehead atoms. The average molecular weight is 501 g/mol. The molecular formula is C26H28N8O3. The van der Waals surface area contributed by atoms with E-state index in [0.717, 1.165) is 12.1 Å². The Hall–Kier alpha value is -4.54. The van der Waals surface area contributed by atoms with E-state index in [1.807, 2.05) is 37.5 Å². The van der Waals surface area contributed by atoms with Gasteiger partial charge in [0.05, 0.1) is 35.3 Å². The molecule has 1 saturated carbocycles. The molecule has 1 aromatic carbocycles. The molecule has 0 radical (unpaired) electrons. The van der Waals surface area contributed by atoms with Crippen molar-refractivity contribution in [2.45, 2.75) is 25.7 Å².